The van der Waals surface area contributed by atoms with Gasteiger partial charge in [0.1, 0.15) is 11.4 Å². The molecule has 0 amide bonds. The first-order chi connectivity index (χ1) is 6.62. The molecule has 0 fully saturated rings. The highest BCUT2D eigenvalue weighted by atomic mass is 16.5. The third-order valence-corrected chi connectivity index (χ3v) is 2.40. The molecule has 1 aromatic carbocycles. The zero-order chi connectivity index (χ0) is 10.2. The molecule has 0 aliphatic carbocycles. The molecule has 1 aliphatic rings. The first-order valence-corrected chi connectivity index (χ1v) is 4.87. The molecular formula is C11H16N2O. The van der Waals surface area contributed by atoms with Crippen LogP contribution in [0.3, 0.4) is 0 Å². The Morgan fingerprint density at radius 1 is 1.50 bits per heavy atom. The number of rotatable bonds is 1. The lowest BCUT2D eigenvalue weighted by atomic mass is 10.1. The van der Waals surface area contributed by atoms with Gasteiger partial charge in [-0.3, -0.25) is 0 Å². The van der Waals surface area contributed by atoms with Crippen LogP contribution in [0.2, 0.25) is 0 Å². The summed E-state index contributed by atoms with van der Waals surface area (Å²) in [5, 5.41) is 3.35. The Bertz CT molecular complexity index is 333. The summed E-state index contributed by atoms with van der Waals surface area (Å²) in [5.41, 5.74) is 7.61. The van der Waals surface area contributed by atoms with E-state index >= 15 is 0 Å². The van der Waals surface area contributed by atoms with Crippen molar-refractivity contribution in [1.82, 2.24) is 0 Å². The van der Waals surface area contributed by atoms with Crippen LogP contribution in [-0.2, 0) is 6.54 Å². The van der Waals surface area contributed by atoms with Gasteiger partial charge in [0.15, 0.2) is 0 Å². The van der Waals surface area contributed by atoms with Crippen molar-refractivity contribution >= 4 is 5.69 Å². The van der Waals surface area contributed by atoms with E-state index in [0.717, 1.165) is 23.5 Å². The van der Waals surface area contributed by atoms with Gasteiger partial charge in [-0.1, -0.05) is 12.1 Å². The van der Waals surface area contributed by atoms with Crippen LogP contribution < -0.4 is 15.8 Å². The maximum Gasteiger partial charge on any atom is 0.147 e. The summed E-state index contributed by atoms with van der Waals surface area (Å²) in [6, 6.07) is 6.02. The van der Waals surface area contributed by atoms with Crippen molar-refractivity contribution in [2.45, 2.75) is 26.0 Å². The molecule has 0 unspecified atom stereocenters. The normalized spacial score (nSPS) is 17.9. The third-order valence-electron chi connectivity index (χ3n) is 2.40. The van der Waals surface area contributed by atoms with Gasteiger partial charge in [0.05, 0.1) is 12.2 Å². The van der Waals surface area contributed by atoms with Crippen LogP contribution in [-0.4, -0.2) is 12.1 Å². The fourth-order valence-electron chi connectivity index (χ4n) is 1.63. The molecule has 0 radical (unpaired) electrons. The second-order valence-corrected chi connectivity index (χ2v) is 4.21. The van der Waals surface area contributed by atoms with E-state index in [1.807, 2.05) is 18.2 Å². The van der Waals surface area contributed by atoms with Gasteiger partial charge in [0.2, 0.25) is 0 Å². The Hall–Kier alpha value is -1.22. The molecule has 1 heterocycles. The van der Waals surface area contributed by atoms with Crippen LogP contribution in [0.25, 0.3) is 0 Å². The zero-order valence-corrected chi connectivity index (χ0v) is 8.63. The SMILES string of the molecule is CC1(C)CNc2cccc(CN)c2O1. The highest BCUT2D eigenvalue weighted by molar-refractivity contribution is 5.62. The van der Waals surface area contributed by atoms with E-state index < -0.39 is 0 Å². The van der Waals surface area contributed by atoms with Gasteiger partial charge in [0, 0.05) is 12.1 Å². The summed E-state index contributed by atoms with van der Waals surface area (Å²) < 4.78 is 5.90. The number of fused-ring (bicyclic) bond motifs is 1. The Kier molecular flexibility index (Phi) is 2.11. The fraction of sp³-hybridized carbons (Fsp3) is 0.455. The van der Waals surface area contributed by atoms with Crippen molar-refractivity contribution in [2.75, 3.05) is 11.9 Å². The molecule has 1 aliphatic heterocycles. The first-order valence-electron chi connectivity index (χ1n) is 4.87. The zero-order valence-electron chi connectivity index (χ0n) is 8.63. The average molecular weight is 192 g/mol. The number of benzene rings is 1. The van der Waals surface area contributed by atoms with Crippen LogP contribution in [0.4, 0.5) is 5.69 Å². The lowest BCUT2D eigenvalue weighted by Crippen LogP contribution is -2.40. The van der Waals surface area contributed by atoms with Gasteiger partial charge < -0.3 is 15.8 Å². The van der Waals surface area contributed by atoms with Gasteiger partial charge >= 0.3 is 0 Å². The van der Waals surface area contributed by atoms with E-state index in [0.29, 0.717) is 6.54 Å². The number of nitrogens with two attached hydrogens (primary N) is 1. The van der Waals surface area contributed by atoms with Crippen molar-refractivity contribution in [3.05, 3.63) is 23.8 Å². The van der Waals surface area contributed by atoms with Crippen molar-refractivity contribution < 1.29 is 4.74 Å². The van der Waals surface area contributed by atoms with Gasteiger partial charge in [-0.25, -0.2) is 0 Å². The molecule has 0 saturated carbocycles. The lowest BCUT2D eigenvalue weighted by molar-refractivity contribution is 0.114. The van der Waals surface area contributed by atoms with Crippen LogP contribution >= 0.6 is 0 Å². The summed E-state index contributed by atoms with van der Waals surface area (Å²) in [6.07, 6.45) is 0. The maximum atomic E-state index is 5.90. The van der Waals surface area contributed by atoms with E-state index in [9.17, 15) is 0 Å². The van der Waals surface area contributed by atoms with Crippen LogP contribution in [0.15, 0.2) is 18.2 Å². The van der Waals surface area contributed by atoms with E-state index in [-0.39, 0.29) is 5.60 Å². The summed E-state index contributed by atoms with van der Waals surface area (Å²) >= 11 is 0. The number of nitrogens with one attached hydrogen (secondary N) is 1. The summed E-state index contributed by atoms with van der Waals surface area (Å²) in [7, 11) is 0. The summed E-state index contributed by atoms with van der Waals surface area (Å²) in [4.78, 5) is 0. The van der Waals surface area contributed by atoms with E-state index in [1.54, 1.807) is 0 Å². The molecule has 2 rings (SSSR count). The lowest BCUT2D eigenvalue weighted by Gasteiger charge is -2.34. The minimum Gasteiger partial charge on any atom is -0.484 e. The number of para-hydroxylation sites is 1. The second-order valence-electron chi connectivity index (χ2n) is 4.21. The number of anilines is 1. The summed E-state index contributed by atoms with van der Waals surface area (Å²) in [5.74, 6) is 0.909. The largest absolute Gasteiger partial charge is 0.484 e. The Labute approximate surface area is 84.3 Å². The molecular weight excluding hydrogens is 176 g/mol. The van der Waals surface area contributed by atoms with Crippen LogP contribution in [0, 0.1) is 0 Å². The summed E-state index contributed by atoms with van der Waals surface area (Å²) in [6.45, 7) is 5.47. The average Bonchev–Trinajstić information content (AvgIpc) is 2.15. The van der Waals surface area contributed by atoms with E-state index in [2.05, 4.69) is 19.2 Å². The van der Waals surface area contributed by atoms with E-state index in [4.69, 9.17) is 10.5 Å². The van der Waals surface area contributed by atoms with Crippen molar-refractivity contribution in [2.24, 2.45) is 5.73 Å². The monoisotopic (exact) mass is 192 g/mol. The molecule has 0 saturated heterocycles. The number of ether oxygens (including phenoxy) is 1. The molecule has 14 heavy (non-hydrogen) atoms. The standard InChI is InChI=1S/C11H16N2O/c1-11(2)7-13-9-5-3-4-8(6-12)10(9)14-11/h3-5,13H,6-7,12H2,1-2H3. The minimum absolute atomic E-state index is 0.154. The minimum atomic E-state index is -0.154. The smallest absolute Gasteiger partial charge is 0.147 e. The molecule has 3 N–H and O–H groups in total. The fourth-order valence-corrected chi connectivity index (χ4v) is 1.63. The van der Waals surface area contributed by atoms with Crippen molar-refractivity contribution in [3.8, 4) is 5.75 Å². The Morgan fingerprint density at radius 2 is 2.29 bits per heavy atom. The first kappa shape index (κ1) is 9.34. The second kappa shape index (κ2) is 3.17. The van der Waals surface area contributed by atoms with E-state index in [1.165, 1.54) is 0 Å². The van der Waals surface area contributed by atoms with Gasteiger partial charge in [-0.2, -0.15) is 0 Å². The molecule has 3 heteroatoms. The van der Waals surface area contributed by atoms with Gasteiger partial charge in [-0.15, -0.1) is 0 Å². The highest BCUT2D eigenvalue weighted by Gasteiger charge is 2.27. The molecule has 76 valence electrons. The van der Waals surface area contributed by atoms with Gasteiger partial charge in [0.25, 0.3) is 0 Å². The quantitative estimate of drug-likeness (QED) is 0.712. The molecule has 0 atom stereocenters. The maximum absolute atomic E-state index is 5.90. The topological polar surface area (TPSA) is 47.3 Å². The molecule has 1 aromatic rings. The molecule has 0 aromatic heterocycles. The predicted octanol–water partition coefficient (Wildman–Crippen LogP) is 1.73. The van der Waals surface area contributed by atoms with Crippen molar-refractivity contribution in [3.63, 3.8) is 0 Å². The number of hydrogen-bond acceptors (Lipinski definition) is 3. The van der Waals surface area contributed by atoms with Crippen LogP contribution in [0.1, 0.15) is 19.4 Å². The molecule has 3 nitrogen and oxygen atoms in total. The van der Waals surface area contributed by atoms with Crippen LogP contribution in [0.5, 0.6) is 5.75 Å². The highest BCUT2D eigenvalue weighted by Crippen LogP contribution is 2.35. The third kappa shape index (κ3) is 1.55. The Balaban J connectivity index is 2.43. The number of hydrogen-bond donors (Lipinski definition) is 2. The predicted molar refractivity (Wildman–Crippen MR) is 57.5 cm³/mol. The molecule has 0 spiro atoms. The Morgan fingerprint density at radius 3 is 3.00 bits per heavy atom. The van der Waals surface area contributed by atoms with Gasteiger partial charge in [-0.05, 0) is 19.9 Å². The molecule has 0 bridgehead atoms. The van der Waals surface area contributed by atoms with Crippen molar-refractivity contribution in [1.29, 1.82) is 0 Å².